The molecule has 5 aromatic rings. The molecule has 0 radical (unpaired) electrons. The first-order valence-corrected chi connectivity index (χ1v) is 9.61. The lowest BCUT2D eigenvalue weighted by Gasteiger charge is -2.13. The zero-order valence-electron chi connectivity index (χ0n) is 16.0. The predicted molar refractivity (Wildman–Crippen MR) is 114 cm³/mol. The zero-order chi connectivity index (χ0) is 19.1. The lowest BCUT2D eigenvalue weighted by molar-refractivity contribution is 0.336. The van der Waals surface area contributed by atoms with Crippen LogP contribution in [-0.4, -0.2) is 21.1 Å². The van der Waals surface area contributed by atoms with Crippen LogP contribution in [-0.2, 0) is 6.54 Å². The molecule has 0 unspecified atom stereocenters. The van der Waals surface area contributed by atoms with Gasteiger partial charge in [0, 0.05) is 10.9 Å². The fourth-order valence-corrected chi connectivity index (χ4v) is 3.93. The van der Waals surface area contributed by atoms with Gasteiger partial charge < -0.3 is 9.30 Å². The standard InChI is InChI=1S/C24H21N3O/c1-3-28-21-14-7-4-10-17(21)15-27-23-16(2)9-8-11-18(23)22-24(27)26-20-13-6-5-12-19(20)25-22/h4-14H,3,15H2,1-2H3. The Kier molecular flexibility index (Phi) is 3.97. The van der Waals surface area contributed by atoms with Crippen LogP contribution in [0.2, 0.25) is 0 Å². The average Bonchev–Trinajstić information content (AvgIpc) is 3.02. The van der Waals surface area contributed by atoms with Gasteiger partial charge in [-0.05, 0) is 37.6 Å². The van der Waals surface area contributed by atoms with E-state index >= 15 is 0 Å². The smallest absolute Gasteiger partial charge is 0.160 e. The Morgan fingerprint density at radius 1 is 0.857 bits per heavy atom. The quantitative estimate of drug-likeness (QED) is 0.421. The van der Waals surface area contributed by atoms with E-state index in [1.807, 2.05) is 43.3 Å². The summed E-state index contributed by atoms with van der Waals surface area (Å²) >= 11 is 0. The molecule has 138 valence electrons. The molecule has 0 aliphatic rings. The van der Waals surface area contributed by atoms with Gasteiger partial charge in [0.15, 0.2) is 5.65 Å². The molecule has 0 saturated carbocycles. The molecular weight excluding hydrogens is 346 g/mol. The molecule has 0 bridgehead atoms. The van der Waals surface area contributed by atoms with Crippen molar-refractivity contribution in [2.75, 3.05) is 6.61 Å². The second-order valence-electron chi connectivity index (χ2n) is 6.98. The summed E-state index contributed by atoms with van der Waals surface area (Å²) in [6.45, 7) is 5.49. The van der Waals surface area contributed by atoms with Gasteiger partial charge in [0.1, 0.15) is 11.3 Å². The highest BCUT2D eigenvalue weighted by atomic mass is 16.5. The second kappa shape index (κ2) is 6.64. The molecular formula is C24H21N3O. The molecule has 3 aromatic carbocycles. The Balaban J connectivity index is 1.82. The molecule has 0 fully saturated rings. The highest BCUT2D eigenvalue weighted by Gasteiger charge is 2.17. The second-order valence-corrected chi connectivity index (χ2v) is 6.98. The third-order valence-corrected chi connectivity index (χ3v) is 5.17. The van der Waals surface area contributed by atoms with E-state index < -0.39 is 0 Å². The summed E-state index contributed by atoms with van der Waals surface area (Å²) in [5, 5.41) is 1.14. The van der Waals surface area contributed by atoms with Gasteiger partial charge >= 0.3 is 0 Å². The number of rotatable bonds is 4. The van der Waals surface area contributed by atoms with Crippen molar-refractivity contribution in [1.82, 2.24) is 14.5 Å². The molecule has 0 N–H and O–H groups in total. The largest absolute Gasteiger partial charge is 0.494 e. The molecule has 28 heavy (non-hydrogen) atoms. The molecule has 0 amide bonds. The van der Waals surface area contributed by atoms with Crippen LogP contribution in [0.4, 0.5) is 0 Å². The monoisotopic (exact) mass is 367 g/mol. The van der Waals surface area contributed by atoms with Gasteiger partial charge in [0.2, 0.25) is 0 Å². The van der Waals surface area contributed by atoms with Crippen LogP contribution < -0.4 is 4.74 Å². The number of nitrogens with zero attached hydrogens (tertiary/aromatic N) is 3. The highest BCUT2D eigenvalue weighted by Crippen LogP contribution is 2.32. The molecule has 4 nitrogen and oxygen atoms in total. The van der Waals surface area contributed by atoms with Crippen LogP contribution in [0.3, 0.4) is 0 Å². The number of ether oxygens (including phenoxy) is 1. The minimum atomic E-state index is 0.646. The maximum atomic E-state index is 5.86. The summed E-state index contributed by atoms with van der Waals surface area (Å²) in [7, 11) is 0. The van der Waals surface area contributed by atoms with Gasteiger partial charge in [-0.25, -0.2) is 9.97 Å². The fourth-order valence-electron chi connectivity index (χ4n) is 3.93. The third-order valence-electron chi connectivity index (χ3n) is 5.17. The van der Waals surface area contributed by atoms with E-state index in [4.69, 9.17) is 14.7 Å². The number of benzene rings is 3. The Labute approximate surface area is 163 Å². The van der Waals surface area contributed by atoms with Crippen molar-refractivity contribution < 1.29 is 4.74 Å². The minimum Gasteiger partial charge on any atom is -0.494 e. The summed E-state index contributed by atoms with van der Waals surface area (Å²) < 4.78 is 8.14. The van der Waals surface area contributed by atoms with E-state index in [9.17, 15) is 0 Å². The van der Waals surface area contributed by atoms with E-state index in [1.165, 1.54) is 11.1 Å². The zero-order valence-corrected chi connectivity index (χ0v) is 16.0. The maximum absolute atomic E-state index is 5.86. The predicted octanol–water partition coefficient (Wildman–Crippen LogP) is 5.49. The van der Waals surface area contributed by atoms with Crippen molar-refractivity contribution in [3.8, 4) is 5.75 Å². The maximum Gasteiger partial charge on any atom is 0.160 e. The number of hydrogen-bond donors (Lipinski definition) is 0. The number of aromatic nitrogens is 3. The number of aryl methyl sites for hydroxylation is 1. The van der Waals surface area contributed by atoms with E-state index in [1.54, 1.807) is 0 Å². The lowest BCUT2D eigenvalue weighted by Crippen LogP contribution is -2.05. The summed E-state index contributed by atoms with van der Waals surface area (Å²) in [6.07, 6.45) is 0. The van der Waals surface area contributed by atoms with Gasteiger partial charge in [-0.2, -0.15) is 0 Å². The van der Waals surface area contributed by atoms with E-state index in [-0.39, 0.29) is 0 Å². The van der Waals surface area contributed by atoms with E-state index in [0.717, 1.165) is 38.9 Å². The van der Waals surface area contributed by atoms with E-state index in [0.29, 0.717) is 13.2 Å². The van der Waals surface area contributed by atoms with E-state index in [2.05, 4.69) is 41.8 Å². The molecule has 2 aromatic heterocycles. The Morgan fingerprint density at radius 3 is 2.43 bits per heavy atom. The highest BCUT2D eigenvalue weighted by molar-refractivity contribution is 6.07. The normalized spacial score (nSPS) is 11.5. The molecule has 0 aliphatic heterocycles. The van der Waals surface area contributed by atoms with Crippen LogP contribution in [0.25, 0.3) is 33.1 Å². The van der Waals surface area contributed by atoms with Crippen LogP contribution >= 0.6 is 0 Å². The summed E-state index contributed by atoms with van der Waals surface area (Å²) in [5.41, 5.74) is 7.23. The third kappa shape index (κ3) is 2.61. The molecule has 4 heteroatoms. The van der Waals surface area contributed by atoms with Crippen LogP contribution in [0.1, 0.15) is 18.1 Å². The molecule has 2 heterocycles. The summed E-state index contributed by atoms with van der Waals surface area (Å²) in [5.74, 6) is 0.919. The Bertz CT molecular complexity index is 1320. The molecule has 0 spiro atoms. The Morgan fingerprint density at radius 2 is 1.61 bits per heavy atom. The first kappa shape index (κ1) is 16.8. The van der Waals surface area contributed by atoms with Crippen LogP contribution in [0.5, 0.6) is 5.75 Å². The van der Waals surface area contributed by atoms with Crippen molar-refractivity contribution in [2.24, 2.45) is 0 Å². The molecule has 0 saturated heterocycles. The molecule has 0 atom stereocenters. The first-order valence-electron chi connectivity index (χ1n) is 9.61. The molecule has 5 rings (SSSR count). The number of hydrogen-bond acceptors (Lipinski definition) is 3. The number of fused-ring (bicyclic) bond motifs is 4. The Hall–Kier alpha value is -3.40. The molecule has 0 aliphatic carbocycles. The van der Waals surface area contributed by atoms with Gasteiger partial charge in [0.05, 0.1) is 29.7 Å². The number of para-hydroxylation sites is 4. The summed E-state index contributed by atoms with van der Waals surface area (Å²) in [6, 6.07) is 22.6. The van der Waals surface area contributed by atoms with Crippen LogP contribution in [0, 0.1) is 6.92 Å². The lowest BCUT2D eigenvalue weighted by atomic mass is 10.1. The topological polar surface area (TPSA) is 39.9 Å². The summed E-state index contributed by atoms with van der Waals surface area (Å²) in [4.78, 5) is 9.94. The van der Waals surface area contributed by atoms with Crippen molar-refractivity contribution >= 4 is 33.1 Å². The van der Waals surface area contributed by atoms with Crippen molar-refractivity contribution in [1.29, 1.82) is 0 Å². The van der Waals surface area contributed by atoms with Gasteiger partial charge in [-0.15, -0.1) is 0 Å². The van der Waals surface area contributed by atoms with Crippen molar-refractivity contribution in [3.05, 3.63) is 77.9 Å². The van der Waals surface area contributed by atoms with Gasteiger partial charge in [0.25, 0.3) is 0 Å². The first-order chi connectivity index (χ1) is 13.8. The van der Waals surface area contributed by atoms with Crippen molar-refractivity contribution in [3.63, 3.8) is 0 Å². The fraction of sp³-hybridized carbons (Fsp3) is 0.167. The van der Waals surface area contributed by atoms with Gasteiger partial charge in [-0.3, -0.25) is 0 Å². The van der Waals surface area contributed by atoms with Gasteiger partial charge in [-0.1, -0.05) is 48.5 Å². The minimum absolute atomic E-state index is 0.646. The SMILES string of the molecule is CCOc1ccccc1Cn1c2nc3ccccc3nc2c2cccc(C)c21. The van der Waals surface area contributed by atoms with Crippen molar-refractivity contribution in [2.45, 2.75) is 20.4 Å². The average molecular weight is 367 g/mol. The van der Waals surface area contributed by atoms with Crippen LogP contribution in [0.15, 0.2) is 66.7 Å².